The molecule has 2 aromatic rings. The summed E-state index contributed by atoms with van der Waals surface area (Å²) < 4.78 is 5.44. The second kappa shape index (κ2) is 6.84. The van der Waals surface area contributed by atoms with Gasteiger partial charge >= 0.3 is 182 Å². The molecule has 0 unspecified atom stereocenters. The molecule has 4 heteroatoms. The molecule has 0 saturated heterocycles. The van der Waals surface area contributed by atoms with E-state index >= 15 is 0 Å². The SMILES string of the molecule is C[N+](C)=c1ccc2c(-c3cccs3)c3cc4c5c(c3[se]c-2c1)CCCN5CCC4. The van der Waals surface area contributed by atoms with Crippen LogP contribution in [0.15, 0.2) is 41.8 Å². The Balaban J connectivity index is 1.80. The molecule has 1 aromatic heterocycles. The summed E-state index contributed by atoms with van der Waals surface area (Å²) in [5.74, 6) is 0. The molecule has 1 aromatic carbocycles. The number of fused-ring (bicyclic) bond motifs is 3. The van der Waals surface area contributed by atoms with Crippen LogP contribution < -0.4 is 14.8 Å². The van der Waals surface area contributed by atoms with Crippen LogP contribution in [0.5, 0.6) is 0 Å². The Morgan fingerprint density at radius 2 is 1.90 bits per heavy atom. The molecule has 1 aliphatic carbocycles. The molecule has 2 nitrogen and oxygen atoms in total. The Hall–Kier alpha value is -1.87. The van der Waals surface area contributed by atoms with E-state index in [1.165, 1.54) is 65.5 Å². The van der Waals surface area contributed by atoms with Crippen LogP contribution in [0.1, 0.15) is 24.0 Å². The summed E-state index contributed by atoms with van der Waals surface area (Å²) in [5.41, 5.74) is 7.83. The van der Waals surface area contributed by atoms with Gasteiger partial charge in [-0.05, 0) is 0 Å². The molecule has 0 spiro atoms. The van der Waals surface area contributed by atoms with Crippen LogP contribution in [0.3, 0.4) is 0 Å². The molecule has 29 heavy (non-hydrogen) atoms. The van der Waals surface area contributed by atoms with Gasteiger partial charge in [-0.15, -0.1) is 0 Å². The zero-order valence-corrected chi connectivity index (χ0v) is 19.5. The van der Waals surface area contributed by atoms with Gasteiger partial charge in [0.15, 0.2) is 0 Å². The van der Waals surface area contributed by atoms with Gasteiger partial charge in [0.2, 0.25) is 0 Å². The van der Waals surface area contributed by atoms with Crippen LogP contribution in [-0.4, -0.2) is 41.7 Å². The Bertz CT molecular complexity index is 1280. The Kier molecular flexibility index (Phi) is 4.23. The molecule has 0 radical (unpaired) electrons. The molecule has 0 bridgehead atoms. The van der Waals surface area contributed by atoms with E-state index in [1.54, 1.807) is 25.5 Å². The number of anilines is 1. The molecule has 6 rings (SSSR count). The first-order valence-electron chi connectivity index (χ1n) is 10.6. The maximum absolute atomic E-state index is 2.69. The number of rotatable bonds is 1. The van der Waals surface area contributed by atoms with Crippen LogP contribution in [0.2, 0.25) is 0 Å². The first-order valence-corrected chi connectivity index (χ1v) is 13.1. The molecule has 0 N–H and O–H groups in total. The van der Waals surface area contributed by atoms with Crippen molar-refractivity contribution in [3.63, 3.8) is 0 Å². The molecule has 4 aliphatic rings. The van der Waals surface area contributed by atoms with Gasteiger partial charge in [0.25, 0.3) is 0 Å². The number of thiophene rings is 1. The minimum atomic E-state index is 0.363. The van der Waals surface area contributed by atoms with E-state index in [0.717, 1.165) is 0 Å². The third-order valence-electron chi connectivity index (χ3n) is 6.47. The van der Waals surface area contributed by atoms with Gasteiger partial charge in [0.05, 0.1) is 0 Å². The molecule has 146 valence electrons. The molecule has 0 saturated carbocycles. The number of nitrogens with zero attached hydrogens (tertiary/aromatic N) is 2. The quantitative estimate of drug-likeness (QED) is 0.229. The Morgan fingerprint density at radius 3 is 2.69 bits per heavy atom. The number of hydrogen-bond donors (Lipinski definition) is 0. The first-order chi connectivity index (χ1) is 14.2. The van der Waals surface area contributed by atoms with Gasteiger partial charge in [0, 0.05) is 0 Å². The van der Waals surface area contributed by atoms with Gasteiger partial charge in [-0.25, -0.2) is 0 Å². The predicted octanol–water partition coefficient (Wildman–Crippen LogP) is 4.46. The second-order valence-corrected chi connectivity index (χ2v) is 11.6. The van der Waals surface area contributed by atoms with Crippen LogP contribution in [0, 0.1) is 0 Å². The molecular formula is C25H25N2SSe+. The Morgan fingerprint density at radius 1 is 1.03 bits per heavy atom. The third kappa shape index (κ3) is 2.77. The number of benzene rings is 2. The van der Waals surface area contributed by atoms with Crippen molar-refractivity contribution >= 4 is 41.2 Å². The van der Waals surface area contributed by atoms with E-state index < -0.39 is 0 Å². The Labute approximate surface area is 181 Å². The van der Waals surface area contributed by atoms with Crippen molar-refractivity contribution in [1.82, 2.24) is 4.58 Å². The monoisotopic (exact) mass is 465 g/mol. The summed E-state index contributed by atoms with van der Waals surface area (Å²) in [4.78, 5) is 4.10. The predicted molar refractivity (Wildman–Crippen MR) is 127 cm³/mol. The fourth-order valence-corrected chi connectivity index (χ4v) is 8.62. The zero-order chi connectivity index (χ0) is 19.5. The molecule has 0 fully saturated rings. The van der Waals surface area contributed by atoms with Gasteiger partial charge < -0.3 is 0 Å². The normalized spacial score (nSPS) is 15.7. The van der Waals surface area contributed by atoms with E-state index in [-0.39, 0.29) is 0 Å². The van der Waals surface area contributed by atoms with Gasteiger partial charge in [-0.3, -0.25) is 0 Å². The van der Waals surface area contributed by atoms with E-state index in [1.807, 2.05) is 11.3 Å². The van der Waals surface area contributed by atoms with Crippen molar-refractivity contribution in [2.75, 3.05) is 32.1 Å². The standard InChI is InChI=1S/C25H25N2SSe/c1-26(2)17-9-10-18-22(15-17)29-25-19-7-4-12-27-11-3-6-16(24(19)27)14-20(25)23(18)21-8-5-13-28-21/h5,8-10,13-15H,3-4,6-7,11-12H2,1-2H3/q+1. The van der Waals surface area contributed by atoms with E-state index in [9.17, 15) is 0 Å². The average molecular weight is 465 g/mol. The molecular weight excluding hydrogens is 439 g/mol. The third-order valence-corrected chi connectivity index (χ3v) is 9.94. The topological polar surface area (TPSA) is 6.25 Å². The number of hydrogen-bond acceptors (Lipinski definition) is 2. The molecule has 3 aliphatic heterocycles. The van der Waals surface area contributed by atoms with Gasteiger partial charge in [0.1, 0.15) is 0 Å². The van der Waals surface area contributed by atoms with Crippen LogP contribution in [0.25, 0.3) is 30.1 Å². The zero-order valence-electron chi connectivity index (χ0n) is 17.0. The second-order valence-electron chi connectivity index (χ2n) is 8.46. The summed E-state index contributed by atoms with van der Waals surface area (Å²) in [6.07, 6.45) is 5.10. The van der Waals surface area contributed by atoms with Crippen LogP contribution >= 0.6 is 11.3 Å². The van der Waals surface area contributed by atoms with Gasteiger partial charge in [-0.1, -0.05) is 0 Å². The van der Waals surface area contributed by atoms with Crippen LogP contribution in [0.4, 0.5) is 5.69 Å². The molecule has 0 atom stereocenters. The molecule has 0 amide bonds. The van der Waals surface area contributed by atoms with Crippen LogP contribution in [-0.2, 0) is 12.8 Å². The van der Waals surface area contributed by atoms with E-state index in [4.69, 9.17) is 0 Å². The number of aryl methyl sites for hydroxylation is 2. The summed E-state index contributed by atoms with van der Waals surface area (Å²) in [6, 6.07) is 14.2. The van der Waals surface area contributed by atoms with Crippen molar-refractivity contribution in [1.29, 1.82) is 0 Å². The van der Waals surface area contributed by atoms with Crippen molar-refractivity contribution in [3.8, 4) is 20.4 Å². The maximum atomic E-state index is 2.69. The van der Waals surface area contributed by atoms with E-state index in [0.29, 0.717) is 14.5 Å². The van der Waals surface area contributed by atoms with Crippen molar-refractivity contribution in [2.24, 2.45) is 0 Å². The van der Waals surface area contributed by atoms with Crippen molar-refractivity contribution < 1.29 is 0 Å². The molecule has 4 heterocycles. The average Bonchev–Trinajstić information content (AvgIpc) is 3.27. The fourth-order valence-electron chi connectivity index (χ4n) is 5.15. The fraction of sp³-hybridized carbons (Fsp3) is 0.320. The van der Waals surface area contributed by atoms with Gasteiger partial charge in [-0.2, -0.15) is 0 Å². The summed E-state index contributed by atoms with van der Waals surface area (Å²) in [6.45, 7) is 2.49. The first kappa shape index (κ1) is 17.9. The summed E-state index contributed by atoms with van der Waals surface area (Å²) in [5, 5.41) is 5.07. The summed E-state index contributed by atoms with van der Waals surface area (Å²) in [7, 11) is 4.29. The summed E-state index contributed by atoms with van der Waals surface area (Å²) >= 11 is 2.24. The van der Waals surface area contributed by atoms with Crippen molar-refractivity contribution in [2.45, 2.75) is 25.7 Å². The van der Waals surface area contributed by atoms with Crippen molar-refractivity contribution in [3.05, 3.63) is 58.3 Å². The minimum absolute atomic E-state index is 0.363. The van der Waals surface area contributed by atoms with E-state index in [2.05, 4.69) is 65.3 Å².